The average molecular weight is 533 g/mol. The lowest BCUT2D eigenvalue weighted by Gasteiger charge is -2.32. The molecule has 200 valence electrons. The first-order chi connectivity index (χ1) is 18.4. The van der Waals surface area contributed by atoms with Crippen LogP contribution < -0.4 is 5.32 Å². The van der Waals surface area contributed by atoms with E-state index in [-0.39, 0.29) is 18.2 Å². The Morgan fingerprint density at radius 1 is 1.21 bits per heavy atom. The van der Waals surface area contributed by atoms with E-state index < -0.39 is 6.04 Å². The third kappa shape index (κ3) is 5.37. The van der Waals surface area contributed by atoms with E-state index in [0.29, 0.717) is 18.8 Å². The number of aliphatic imine (C=N–C) groups is 1. The van der Waals surface area contributed by atoms with Crippen molar-refractivity contribution in [3.63, 3.8) is 0 Å². The predicted octanol–water partition coefficient (Wildman–Crippen LogP) is 3.27. The van der Waals surface area contributed by atoms with Crippen molar-refractivity contribution < 1.29 is 4.79 Å². The van der Waals surface area contributed by atoms with Crippen LogP contribution in [0.4, 0.5) is 0 Å². The predicted molar refractivity (Wildman–Crippen MR) is 150 cm³/mol. The number of hydrogen-bond donors (Lipinski definition) is 1. The fourth-order valence-electron chi connectivity index (χ4n) is 5.27. The summed E-state index contributed by atoms with van der Waals surface area (Å²) in [5.41, 5.74) is 4.10. The lowest BCUT2D eigenvalue weighted by Crippen LogP contribution is -2.45. The standard InChI is InChI=1S/C28H36N8OS/c1-18-19(2)38-28-25(18)26(22-8-6-21(17-29)7-9-22)31-23(27-33-32-20(3)36(27)28)16-24(37)30-10-5-11-35-14-12-34(4)13-15-35/h6,8-9,21,23H,5,7,10-16H2,1-4H3,(H,30,37)/t21?,23-/m0/s1. The Hall–Kier alpha value is -3.13. The Balaban J connectivity index is 1.37. The zero-order chi connectivity index (χ0) is 26.8. The zero-order valence-electron chi connectivity index (χ0n) is 22.7. The van der Waals surface area contributed by atoms with Crippen LogP contribution in [0.3, 0.4) is 0 Å². The molecule has 38 heavy (non-hydrogen) atoms. The maximum absolute atomic E-state index is 13.1. The highest BCUT2D eigenvalue weighted by molar-refractivity contribution is 7.15. The molecule has 10 heteroatoms. The molecule has 0 bridgehead atoms. The minimum absolute atomic E-state index is 0.0282. The van der Waals surface area contributed by atoms with E-state index in [0.717, 1.165) is 66.8 Å². The molecule has 1 unspecified atom stereocenters. The van der Waals surface area contributed by atoms with Crippen molar-refractivity contribution in [1.29, 1.82) is 5.26 Å². The van der Waals surface area contributed by atoms with Gasteiger partial charge >= 0.3 is 0 Å². The van der Waals surface area contributed by atoms with E-state index in [4.69, 9.17) is 4.99 Å². The molecular weight excluding hydrogens is 496 g/mol. The number of nitrogens with one attached hydrogen (secondary N) is 1. The van der Waals surface area contributed by atoms with Gasteiger partial charge in [0.25, 0.3) is 0 Å². The minimum Gasteiger partial charge on any atom is -0.356 e. The molecule has 4 heterocycles. The van der Waals surface area contributed by atoms with Crippen LogP contribution in [0.25, 0.3) is 5.00 Å². The molecule has 3 aliphatic rings. The van der Waals surface area contributed by atoms with E-state index in [9.17, 15) is 10.1 Å². The van der Waals surface area contributed by atoms with Crippen LogP contribution in [0, 0.1) is 38.0 Å². The second kappa shape index (κ2) is 11.3. The van der Waals surface area contributed by atoms with Crippen LogP contribution in [-0.4, -0.2) is 82.5 Å². The van der Waals surface area contributed by atoms with Crippen molar-refractivity contribution in [2.45, 2.75) is 46.1 Å². The number of carbonyl (C=O) groups is 1. The fourth-order valence-corrected chi connectivity index (χ4v) is 6.48. The molecule has 2 aromatic heterocycles. The van der Waals surface area contributed by atoms with Gasteiger partial charge in [-0.1, -0.05) is 18.2 Å². The van der Waals surface area contributed by atoms with Crippen LogP contribution in [0.15, 0.2) is 28.8 Å². The number of piperazine rings is 1. The van der Waals surface area contributed by atoms with Crippen molar-refractivity contribution in [3.05, 3.63) is 51.5 Å². The molecule has 1 saturated heterocycles. The van der Waals surface area contributed by atoms with Crippen LogP contribution in [0.5, 0.6) is 0 Å². The smallest absolute Gasteiger partial charge is 0.222 e. The van der Waals surface area contributed by atoms with Gasteiger partial charge in [-0.3, -0.25) is 14.4 Å². The zero-order valence-corrected chi connectivity index (χ0v) is 23.5. The van der Waals surface area contributed by atoms with Crippen LogP contribution in [-0.2, 0) is 4.79 Å². The molecule has 0 aromatic carbocycles. The van der Waals surface area contributed by atoms with Gasteiger partial charge in [0.1, 0.15) is 16.9 Å². The van der Waals surface area contributed by atoms with E-state index in [1.807, 2.05) is 19.1 Å². The Morgan fingerprint density at radius 3 is 2.71 bits per heavy atom. The number of thiophene rings is 1. The number of nitrogens with zero attached hydrogens (tertiary/aromatic N) is 7. The fraction of sp³-hybridized carbons (Fsp3) is 0.536. The van der Waals surface area contributed by atoms with Crippen molar-refractivity contribution in [2.24, 2.45) is 10.9 Å². The first kappa shape index (κ1) is 26.5. The largest absolute Gasteiger partial charge is 0.356 e. The summed E-state index contributed by atoms with van der Waals surface area (Å²) in [6.45, 7) is 12.2. The molecule has 1 aliphatic carbocycles. The molecule has 9 nitrogen and oxygen atoms in total. The second-order valence-corrected chi connectivity index (χ2v) is 11.6. The summed E-state index contributed by atoms with van der Waals surface area (Å²) in [5, 5.41) is 22.4. The monoisotopic (exact) mass is 532 g/mol. The van der Waals surface area contributed by atoms with Gasteiger partial charge in [0, 0.05) is 43.2 Å². The third-order valence-corrected chi connectivity index (χ3v) is 8.92. The van der Waals surface area contributed by atoms with Gasteiger partial charge in [-0.15, -0.1) is 21.5 Å². The van der Waals surface area contributed by atoms with Crippen LogP contribution >= 0.6 is 11.3 Å². The third-order valence-electron chi connectivity index (χ3n) is 7.73. The SMILES string of the molecule is Cc1sc2c(c1C)C(C1=CCC(C#N)C=C1)=N[C@@H](CC(=O)NCCCN1CCN(C)CC1)c1nnc(C)n1-2. The summed E-state index contributed by atoms with van der Waals surface area (Å²) < 4.78 is 2.08. The van der Waals surface area contributed by atoms with Gasteiger partial charge < -0.3 is 15.1 Å². The topological polar surface area (TPSA) is 102 Å². The number of likely N-dealkylation sites (N-methyl/N-ethyl adjacent to an activating group) is 1. The molecule has 5 rings (SSSR count). The van der Waals surface area contributed by atoms with Crippen molar-refractivity contribution in [1.82, 2.24) is 29.9 Å². The first-order valence-electron chi connectivity index (χ1n) is 13.4. The number of hydrogen-bond acceptors (Lipinski definition) is 8. The number of amides is 1. The van der Waals surface area contributed by atoms with Crippen molar-refractivity contribution in [3.8, 4) is 11.1 Å². The lowest BCUT2D eigenvalue weighted by molar-refractivity contribution is -0.121. The van der Waals surface area contributed by atoms with E-state index >= 15 is 0 Å². The Bertz CT molecular complexity index is 1340. The van der Waals surface area contributed by atoms with Crippen LogP contribution in [0.1, 0.15) is 53.0 Å². The Kier molecular flexibility index (Phi) is 7.88. The van der Waals surface area contributed by atoms with Gasteiger partial charge in [-0.2, -0.15) is 5.26 Å². The number of carbonyl (C=O) groups excluding carboxylic acids is 1. The number of nitriles is 1. The van der Waals surface area contributed by atoms with E-state index in [1.54, 1.807) is 11.3 Å². The molecule has 1 N–H and O–H groups in total. The summed E-state index contributed by atoms with van der Waals surface area (Å²) in [7, 11) is 2.16. The summed E-state index contributed by atoms with van der Waals surface area (Å²) in [6, 6.07) is 1.87. The Morgan fingerprint density at radius 2 is 2.00 bits per heavy atom. The average Bonchev–Trinajstić information content (AvgIpc) is 3.39. The van der Waals surface area contributed by atoms with E-state index in [2.05, 4.69) is 62.9 Å². The molecular formula is C28H36N8OS. The Labute approximate surface area is 228 Å². The van der Waals surface area contributed by atoms with Gasteiger partial charge in [0.2, 0.25) is 5.91 Å². The number of fused-ring (bicyclic) bond motifs is 3. The molecule has 2 aliphatic heterocycles. The summed E-state index contributed by atoms with van der Waals surface area (Å²) >= 11 is 1.71. The normalized spacial score (nSPS) is 21.7. The van der Waals surface area contributed by atoms with Gasteiger partial charge in [0.15, 0.2) is 5.82 Å². The minimum atomic E-state index is -0.453. The second-order valence-electron chi connectivity index (χ2n) is 10.4. The molecule has 0 saturated carbocycles. The maximum atomic E-state index is 13.1. The van der Waals surface area contributed by atoms with Crippen LogP contribution in [0.2, 0.25) is 0 Å². The molecule has 1 fully saturated rings. The molecule has 2 aromatic rings. The molecule has 1 amide bonds. The molecule has 0 spiro atoms. The summed E-state index contributed by atoms with van der Waals surface area (Å²) in [6.07, 6.45) is 7.84. The van der Waals surface area contributed by atoms with E-state index in [1.165, 1.54) is 10.4 Å². The number of rotatable bonds is 7. The molecule has 0 radical (unpaired) electrons. The summed E-state index contributed by atoms with van der Waals surface area (Å²) in [4.78, 5) is 24.3. The van der Waals surface area contributed by atoms with Gasteiger partial charge in [-0.25, -0.2) is 0 Å². The quantitative estimate of drug-likeness (QED) is 0.549. The van der Waals surface area contributed by atoms with Crippen molar-refractivity contribution >= 4 is 23.0 Å². The van der Waals surface area contributed by atoms with Gasteiger partial charge in [-0.05, 0) is 58.3 Å². The molecule has 2 atom stereocenters. The highest BCUT2D eigenvalue weighted by atomic mass is 32.1. The number of allylic oxidation sites excluding steroid dienone is 4. The summed E-state index contributed by atoms with van der Waals surface area (Å²) in [5.74, 6) is 1.33. The number of aryl methyl sites for hydroxylation is 2. The lowest BCUT2D eigenvalue weighted by atomic mass is 9.92. The van der Waals surface area contributed by atoms with Gasteiger partial charge in [0.05, 0.1) is 24.1 Å². The first-order valence-corrected chi connectivity index (χ1v) is 14.2. The highest BCUT2D eigenvalue weighted by Crippen LogP contribution is 2.40. The maximum Gasteiger partial charge on any atom is 0.222 e. The number of aromatic nitrogens is 3. The van der Waals surface area contributed by atoms with Crippen molar-refractivity contribution in [2.75, 3.05) is 46.3 Å². The highest BCUT2D eigenvalue weighted by Gasteiger charge is 2.33.